The summed E-state index contributed by atoms with van der Waals surface area (Å²) in [7, 11) is 0.326. The smallest absolute Gasteiger partial charge is 0.126 e. The van der Waals surface area contributed by atoms with Gasteiger partial charge in [0.05, 0.1) is 20.8 Å². The number of methoxy groups -OCH3 is 1. The molecule has 1 fully saturated rings. The van der Waals surface area contributed by atoms with Crippen molar-refractivity contribution in [1.82, 2.24) is 9.97 Å². The van der Waals surface area contributed by atoms with Crippen LogP contribution < -0.4 is 9.92 Å². The first kappa shape index (κ1) is 40.4. The molecule has 0 atom stereocenters. The molecule has 299 valence electrons. The van der Waals surface area contributed by atoms with Crippen molar-refractivity contribution in [3.63, 3.8) is 0 Å². The maximum atomic E-state index is 6.20. The number of rotatable bonds is 7. The molecule has 0 aliphatic heterocycles. The number of hydrogen-bond acceptors (Lipinski definition) is 4. The van der Waals surface area contributed by atoms with Crippen LogP contribution in [0.1, 0.15) is 79.2 Å². The maximum absolute atomic E-state index is 6.20. The number of ether oxygens (including phenoxy) is 1. The fraction of sp³-hybridized carbons (Fsp3) is 0.346. The summed E-state index contributed by atoms with van der Waals surface area (Å²) in [6.45, 7) is 7.37. The minimum Gasteiger partial charge on any atom is -0.500 e. The molecule has 0 saturated heterocycles. The number of aryl methyl sites for hydroxylation is 2. The monoisotopic (exact) mass is 959 g/mol. The minimum absolute atomic E-state index is 0. The maximum Gasteiger partial charge on any atom is 0.126 e. The molecule has 3 aliphatic carbocycles. The molecule has 0 bridgehead atoms. The van der Waals surface area contributed by atoms with E-state index in [9.17, 15) is 0 Å². The van der Waals surface area contributed by atoms with Crippen molar-refractivity contribution in [1.29, 1.82) is 0 Å². The topological polar surface area (TPSA) is 48.2 Å². The second-order valence-electron chi connectivity index (χ2n) is 17.5. The van der Waals surface area contributed by atoms with Crippen molar-refractivity contribution < 1.29 is 29.3 Å². The van der Waals surface area contributed by atoms with Gasteiger partial charge < -0.3 is 19.1 Å². The van der Waals surface area contributed by atoms with E-state index in [4.69, 9.17) is 19.1 Å². The van der Waals surface area contributed by atoms with Crippen LogP contribution in [0, 0.1) is 18.1 Å². The number of nitrogens with zero attached hydrogens (tertiary/aromatic N) is 2. The summed E-state index contributed by atoms with van der Waals surface area (Å²) >= 11 is 0. The third kappa shape index (κ3) is 8.26. The molecule has 58 heavy (non-hydrogen) atoms. The largest absolute Gasteiger partial charge is 0.500 e. The Bertz CT molecular complexity index is 2560. The van der Waals surface area contributed by atoms with E-state index in [-0.39, 0.29) is 20.1 Å². The zero-order chi connectivity index (χ0) is 38.9. The van der Waals surface area contributed by atoms with Gasteiger partial charge in [0, 0.05) is 43.4 Å². The normalized spacial score (nSPS) is 15.3. The molecule has 3 heterocycles. The molecule has 0 N–H and O–H groups in total. The van der Waals surface area contributed by atoms with Gasteiger partial charge in [-0.2, -0.15) is 0 Å². The summed E-state index contributed by atoms with van der Waals surface area (Å²) in [5, 5.41) is 3.78. The number of benzene rings is 4. The first-order valence-electron chi connectivity index (χ1n) is 21.3. The second kappa shape index (κ2) is 17.5. The number of fused-ring (bicyclic) bond motifs is 5. The molecule has 0 unspecified atom stereocenters. The van der Waals surface area contributed by atoms with Crippen LogP contribution in [0.2, 0.25) is 19.6 Å². The molecule has 4 aromatic carbocycles. The molecule has 0 amide bonds. The van der Waals surface area contributed by atoms with Crippen LogP contribution >= 0.6 is 0 Å². The van der Waals surface area contributed by atoms with Crippen molar-refractivity contribution in [2.24, 2.45) is 5.92 Å². The van der Waals surface area contributed by atoms with E-state index >= 15 is 0 Å². The van der Waals surface area contributed by atoms with Crippen LogP contribution in [0.25, 0.3) is 55.6 Å². The average molecular weight is 959 g/mol. The van der Waals surface area contributed by atoms with Gasteiger partial charge in [0.2, 0.25) is 0 Å². The number of furan rings is 1. The van der Waals surface area contributed by atoms with Crippen LogP contribution in [0.5, 0.6) is 5.75 Å². The molecule has 1 radical (unpaired) electrons. The third-order valence-electron chi connectivity index (χ3n) is 12.7. The number of para-hydroxylation sites is 1. The van der Waals surface area contributed by atoms with Gasteiger partial charge in [-0.1, -0.05) is 123 Å². The molecule has 3 aliphatic rings. The van der Waals surface area contributed by atoms with Gasteiger partial charge in [-0.05, 0) is 84.8 Å². The molecule has 6 heteroatoms. The Hall–Kier alpha value is -4.35. The SMILES string of the molecule is COc1ccccc1-c1ccc2c(c1)oc1c[c-]c(-c3nccc4c3CCCC4)cc12.C[Si](C)(C)c1cnc(-c2[c-]ccc3c2CCCC3)cc1CC1CCCC1.[Ir]. The molecule has 7 aromatic rings. The summed E-state index contributed by atoms with van der Waals surface area (Å²) in [4.78, 5) is 9.69. The fourth-order valence-corrected chi connectivity index (χ4v) is 11.3. The van der Waals surface area contributed by atoms with Gasteiger partial charge in [0.25, 0.3) is 0 Å². The zero-order valence-corrected chi connectivity index (χ0v) is 37.9. The van der Waals surface area contributed by atoms with Crippen LogP contribution in [0.3, 0.4) is 0 Å². The fourth-order valence-electron chi connectivity index (χ4n) is 9.75. The Balaban J connectivity index is 0.000000162. The Kier molecular flexibility index (Phi) is 12.2. The molecule has 3 aromatic heterocycles. The first-order valence-corrected chi connectivity index (χ1v) is 24.8. The Labute approximate surface area is 359 Å². The van der Waals surface area contributed by atoms with E-state index < -0.39 is 8.07 Å². The van der Waals surface area contributed by atoms with Gasteiger partial charge in [0.15, 0.2) is 0 Å². The predicted molar refractivity (Wildman–Crippen MR) is 238 cm³/mol. The molecule has 10 rings (SSSR count). The van der Waals surface area contributed by atoms with Crippen LogP contribution in [0.15, 0.2) is 95.7 Å². The first-order chi connectivity index (χ1) is 27.8. The van der Waals surface area contributed by atoms with Crippen molar-refractivity contribution in [2.75, 3.05) is 7.11 Å². The van der Waals surface area contributed by atoms with Gasteiger partial charge in [-0.15, -0.1) is 58.7 Å². The Morgan fingerprint density at radius 1 is 0.759 bits per heavy atom. The van der Waals surface area contributed by atoms with E-state index in [1.54, 1.807) is 17.9 Å². The number of pyridine rings is 2. The predicted octanol–water partition coefficient (Wildman–Crippen LogP) is 12.7. The van der Waals surface area contributed by atoms with Gasteiger partial charge in [0.1, 0.15) is 11.3 Å². The standard InChI is InChI=1S/C28H22NO2.C24H32NSi.Ir/c1-30-25-9-5-4-7-21(25)19-10-12-23-24-16-20(11-13-26(24)31-27(23)17-19)28-22-8-3-2-6-18(22)14-15-29-28;1-26(2,3)24-17-25-23(16-20(24)15-18-9-4-5-10-18)22-14-8-12-19-11-6-7-13-21(19)22;/h4-5,7,9-10,12-17H,2-3,6,8H2,1H3;8,12,16-18H,4-7,9-11,13,15H2,1-3H3;/q2*-1;. The second-order valence-corrected chi connectivity index (χ2v) is 22.6. The molecule has 4 nitrogen and oxygen atoms in total. The van der Waals surface area contributed by atoms with E-state index in [1.807, 2.05) is 30.5 Å². The van der Waals surface area contributed by atoms with E-state index in [1.165, 1.54) is 104 Å². The van der Waals surface area contributed by atoms with Crippen LogP contribution in [-0.2, 0) is 52.2 Å². The minimum atomic E-state index is -1.37. The third-order valence-corrected chi connectivity index (χ3v) is 14.8. The average Bonchev–Trinajstić information content (AvgIpc) is 3.90. The van der Waals surface area contributed by atoms with Crippen LogP contribution in [0.4, 0.5) is 0 Å². The zero-order valence-electron chi connectivity index (χ0n) is 34.5. The van der Waals surface area contributed by atoms with Crippen molar-refractivity contribution in [3.8, 4) is 39.4 Å². The van der Waals surface area contributed by atoms with E-state index in [2.05, 4.69) is 92.6 Å². The van der Waals surface area contributed by atoms with Gasteiger partial charge >= 0.3 is 0 Å². The van der Waals surface area contributed by atoms with Gasteiger partial charge in [-0.25, -0.2) is 0 Å². The Morgan fingerprint density at radius 2 is 1.52 bits per heavy atom. The number of aromatic nitrogens is 2. The summed E-state index contributed by atoms with van der Waals surface area (Å²) < 4.78 is 11.7. The molecular formula is C52H54IrN2O2Si-2. The summed E-state index contributed by atoms with van der Waals surface area (Å²) in [5.74, 6) is 1.74. The summed E-state index contributed by atoms with van der Waals surface area (Å²) in [5.41, 5.74) is 15.8. The molecule has 1 saturated carbocycles. The van der Waals surface area contributed by atoms with Crippen molar-refractivity contribution in [2.45, 2.75) is 103 Å². The van der Waals surface area contributed by atoms with Gasteiger partial charge in [-0.3, -0.25) is 0 Å². The van der Waals surface area contributed by atoms with Crippen molar-refractivity contribution >= 4 is 35.2 Å². The number of hydrogen-bond donors (Lipinski definition) is 0. The summed E-state index contributed by atoms with van der Waals surface area (Å²) in [6.07, 6.45) is 20.9. The van der Waals surface area contributed by atoms with E-state index in [0.717, 1.165) is 68.8 Å². The summed E-state index contributed by atoms with van der Waals surface area (Å²) in [6, 6.07) is 34.5. The molecular weight excluding hydrogens is 905 g/mol. The Morgan fingerprint density at radius 3 is 2.31 bits per heavy atom. The molecule has 0 spiro atoms. The van der Waals surface area contributed by atoms with E-state index in [0.29, 0.717) is 0 Å². The quantitative estimate of drug-likeness (QED) is 0.118. The van der Waals surface area contributed by atoms with Crippen LogP contribution in [-0.4, -0.2) is 25.2 Å². The van der Waals surface area contributed by atoms with Crippen molar-refractivity contribution in [3.05, 3.63) is 131 Å².